The molecule has 2 heterocycles. The van der Waals surface area contributed by atoms with E-state index in [-0.39, 0.29) is 24.3 Å². The highest BCUT2D eigenvalue weighted by Crippen LogP contribution is 2.22. The first-order chi connectivity index (χ1) is 12.4. The molecule has 0 radical (unpaired) electrons. The summed E-state index contributed by atoms with van der Waals surface area (Å²) < 4.78 is 0. The standard InChI is InChI=1S/C19H23N3O4/c1-13(2)17(24)21-9-5-8-20(10-11-21)16(23)12-22-18(25)14-6-3-4-7-15(14)19(22)26/h3-4,6-7,13H,5,8-12H2,1-2H3. The second kappa shape index (κ2) is 7.27. The molecule has 1 saturated heterocycles. The van der Waals surface area contributed by atoms with Crippen molar-refractivity contribution in [2.75, 3.05) is 32.7 Å². The van der Waals surface area contributed by atoms with Crippen LogP contribution in [0.15, 0.2) is 24.3 Å². The lowest BCUT2D eigenvalue weighted by Gasteiger charge is -2.24. The molecule has 0 saturated carbocycles. The molecule has 0 aliphatic carbocycles. The van der Waals surface area contributed by atoms with Gasteiger partial charge < -0.3 is 9.80 Å². The third-order valence-corrected chi connectivity index (χ3v) is 4.83. The minimum atomic E-state index is -0.426. The fourth-order valence-corrected chi connectivity index (χ4v) is 3.37. The normalized spacial score (nSPS) is 17.6. The van der Waals surface area contributed by atoms with Crippen LogP contribution in [0.4, 0.5) is 0 Å². The quantitative estimate of drug-likeness (QED) is 0.756. The van der Waals surface area contributed by atoms with Crippen molar-refractivity contribution < 1.29 is 19.2 Å². The number of amides is 4. The van der Waals surface area contributed by atoms with Crippen molar-refractivity contribution in [2.45, 2.75) is 20.3 Å². The average molecular weight is 357 g/mol. The monoisotopic (exact) mass is 357 g/mol. The molecule has 138 valence electrons. The smallest absolute Gasteiger partial charge is 0.262 e. The zero-order valence-electron chi connectivity index (χ0n) is 15.1. The van der Waals surface area contributed by atoms with Crippen molar-refractivity contribution in [3.05, 3.63) is 35.4 Å². The first kappa shape index (κ1) is 18.1. The second-order valence-electron chi connectivity index (χ2n) is 6.96. The van der Waals surface area contributed by atoms with Crippen LogP contribution < -0.4 is 0 Å². The van der Waals surface area contributed by atoms with Crippen molar-refractivity contribution >= 4 is 23.6 Å². The molecule has 7 nitrogen and oxygen atoms in total. The van der Waals surface area contributed by atoms with Crippen LogP contribution in [0.2, 0.25) is 0 Å². The summed E-state index contributed by atoms with van der Waals surface area (Å²) in [5, 5.41) is 0. The lowest BCUT2D eigenvalue weighted by atomic mass is 10.1. The maximum Gasteiger partial charge on any atom is 0.262 e. The van der Waals surface area contributed by atoms with Gasteiger partial charge in [0.1, 0.15) is 6.54 Å². The van der Waals surface area contributed by atoms with Crippen LogP contribution in [0.25, 0.3) is 0 Å². The molecule has 0 unspecified atom stereocenters. The van der Waals surface area contributed by atoms with Gasteiger partial charge in [-0.1, -0.05) is 26.0 Å². The van der Waals surface area contributed by atoms with Crippen LogP contribution >= 0.6 is 0 Å². The van der Waals surface area contributed by atoms with E-state index < -0.39 is 11.8 Å². The van der Waals surface area contributed by atoms with Gasteiger partial charge in [0.25, 0.3) is 11.8 Å². The Hall–Kier alpha value is -2.70. The van der Waals surface area contributed by atoms with E-state index in [9.17, 15) is 19.2 Å². The third-order valence-electron chi connectivity index (χ3n) is 4.83. The Labute approximate surface area is 152 Å². The SMILES string of the molecule is CC(C)C(=O)N1CCCN(C(=O)CN2C(=O)c3ccccc3C2=O)CC1. The van der Waals surface area contributed by atoms with Crippen LogP contribution in [0.5, 0.6) is 0 Å². The zero-order chi connectivity index (χ0) is 18.8. The molecular weight excluding hydrogens is 334 g/mol. The first-order valence-corrected chi connectivity index (χ1v) is 8.92. The van der Waals surface area contributed by atoms with Crippen molar-refractivity contribution in [1.82, 2.24) is 14.7 Å². The van der Waals surface area contributed by atoms with Crippen LogP contribution in [0.1, 0.15) is 41.0 Å². The lowest BCUT2D eigenvalue weighted by Crippen LogP contribution is -2.44. The molecule has 2 aliphatic rings. The van der Waals surface area contributed by atoms with Gasteiger partial charge in [-0.2, -0.15) is 0 Å². The average Bonchev–Trinajstić information content (AvgIpc) is 2.82. The number of fused-ring (bicyclic) bond motifs is 1. The molecule has 0 aromatic heterocycles. The van der Waals surface area contributed by atoms with E-state index in [1.165, 1.54) is 0 Å². The fourth-order valence-electron chi connectivity index (χ4n) is 3.37. The molecule has 7 heteroatoms. The highest BCUT2D eigenvalue weighted by molar-refractivity contribution is 6.22. The van der Waals surface area contributed by atoms with E-state index >= 15 is 0 Å². The minimum absolute atomic E-state index is 0.0735. The number of rotatable bonds is 3. The number of hydrogen-bond donors (Lipinski definition) is 0. The van der Waals surface area contributed by atoms with Crippen LogP contribution in [-0.2, 0) is 9.59 Å². The molecular formula is C19H23N3O4. The van der Waals surface area contributed by atoms with E-state index in [0.717, 1.165) is 4.90 Å². The Balaban J connectivity index is 1.63. The summed E-state index contributed by atoms with van der Waals surface area (Å²) >= 11 is 0. The summed E-state index contributed by atoms with van der Waals surface area (Å²) in [6.07, 6.45) is 0.687. The highest BCUT2D eigenvalue weighted by atomic mass is 16.2. The summed E-state index contributed by atoms with van der Waals surface area (Å²) in [5.74, 6) is -1.11. The summed E-state index contributed by atoms with van der Waals surface area (Å²) in [6, 6.07) is 6.59. The van der Waals surface area contributed by atoms with Gasteiger partial charge in [0.15, 0.2) is 0 Å². The van der Waals surface area contributed by atoms with Gasteiger partial charge in [-0.25, -0.2) is 0 Å². The van der Waals surface area contributed by atoms with Crippen molar-refractivity contribution in [3.8, 4) is 0 Å². The molecule has 3 rings (SSSR count). The Bertz CT molecular complexity index is 724. The molecule has 0 atom stereocenters. The second-order valence-corrected chi connectivity index (χ2v) is 6.96. The molecule has 4 amide bonds. The van der Waals surface area contributed by atoms with Crippen molar-refractivity contribution in [1.29, 1.82) is 0 Å². The fraction of sp³-hybridized carbons (Fsp3) is 0.474. The molecule has 1 aromatic carbocycles. The minimum Gasteiger partial charge on any atom is -0.341 e. The predicted molar refractivity (Wildman–Crippen MR) is 94.4 cm³/mol. The van der Waals surface area contributed by atoms with Gasteiger partial charge in [0.05, 0.1) is 11.1 Å². The molecule has 26 heavy (non-hydrogen) atoms. The summed E-state index contributed by atoms with van der Waals surface area (Å²) in [5.41, 5.74) is 0.685. The Morgan fingerprint density at radius 2 is 1.46 bits per heavy atom. The summed E-state index contributed by atoms with van der Waals surface area (Å²) in [4.78, 5) is 54.0. The van der Waals surface area contributed by atoms with Gasteiger partial charge in [0.2, 0.25) is 11.8 Å². The molecule has 1 aromatic rings. The number of carbonyl (C=O) groups excluding carboxylic acids is 4. The van der Waals surface area contributed by atoms with Gasteiger partial charge in [-0.05, 0) is 18.6 Å². The van der Waals surface area contributed by atoms with Crippen molar-refractivity contribution in [2.24, 2.45) is 5.92 Å². The predicted octanol–water partition coefficient (Wildman–Crippen LogP) is 0.999. The molecule has 0 bridgehead atoms. The van der Waals surface area contributed by atoms with Crippen LogP contribution in [0, 0.1) is 5.92 Å². The van der Waals surface area contributed by atoms with Gasteiger partial charge >= 0.3 is 0 Å². The maximum atomic E-state index is 12.6. The molecule has 2 aliphatic heterocycles. The first-order valence-electron chi connectivity index (χ1n) is 8.92. The number of imide groups is 1. The molecule has 0 N–H and O–H groups in total. The maximum absolute atomic E-state index is 12.6. The van der Waals surface area contributed by atoms with Gasteiger partial charge in [-0.3, -0.25) is 24.1 Å². The van der Waals surface area contributed by atoms with Crippen LogP contribution in [-0.4, -0.2) is 71.1 Å². The van der Waals surface area contributed by atoms with Crippen LogP contribution in [0.3, 0.4) is 0 Å². The Kier molecular flexibility index (Phi) is 5.06. The van der Waals surface area contributed by atoms with Gasteiger partial charge in [0, 0.05) is 32.1 Å². The van der Waals surface area contributed by atoms with E-state index in [4.69, 9.17) is 0 Å². The number of hydrogen-bond acceptors (Lipinski definition) is 4. The summed E-state index contributed by atoms with van der Waals surface area (Å²) in [6.45, 7) is 5.49. The Morgan fingerprint density at radius 3 is 2.04 bits per heavy atom. The number of carbonyl (C=O) groups is 4. The third kappa shape index (κ3) is 3.34. The molecule has 0 spiro atoms. The van der Waals surface area contributed by atoms with Gasteiger partial charge in [-0.15, -0.1) is 0 Å². The highest BCUT2D eigenvalue weighted by Gasteiger charge is 2.37. The molecule has 1 fully saturated rings. The lowest BCUT2D eigenvalue weighted by molar-refractivity contribution is -0.135. The van der Waals surface area contributed by atoms with E-state index in [0.29, 0.717) is 43.7 Å². The van der Waals surface area contributed by atoms with E-state index in [1.807, 2.05) is 13.8 Å². The van der Waals surface area contributed by atoms with E-state index in [2.05, 4.69) is 0 Å². The number of nitrogens with zero attached hydrogens (tertiary/aromatic N) is 3. The zero-order valence-corrected chi connectivity index (χ0v) is 15.1. The summed E-state index contributed by atoms with van der Waals surface area (Å²) in [7, 11) is 0. The largest absolute Gasteiger partial charge is 0.341 e. The topological polar surface area (TPSA) is 78.0 Å². The van der Waals surface area contributed by atoms with E-state index in [1.54, 1.807) is 34.1 Å². The number of benzene rings is 1. The van der Waals surface area contributed by atoms with Crippen molar-refractivity contribution in [3.63, 3.8) is 0 Å². The Morgan fingerprint density at radius 1 is 0.923 bits per heavy atom.